The summed E-state index contributed by atoms with van der Waals surface area (Å²) in [4.78, 5) is 2.57. The summed E-state index contributed by atoms with van der Waals surface area (Å²) in [5.41, 5.74) is 8.14. The van der Waals surface area contributed by atoms with Crippen molar-refractivity contribution in [3.63, 3.8) is 0 Å². The van der Waals surface area contributed by atoms with Crippen LogP contribution in [0.1, 0.15) is 20.8 Å². The first-order chi connectivity index (χ1) is 6.41. The van der Waals surface area contributed by atoms with Crippen molar-refractivity contribution in [1.82, 2.24) is 0 Å². The molecule has 0 saturated carbocycles. The third-order valence-electron chi connectivity index (χ3n) is 2.15. The van der Waals surface area contributed by atoms with Crippen molar-refractivity contribution in [3.8, 4) is 0 Å². The molecule has 0 saturated heterocycles. The average Bonchev–Trinajstić information content (AvgIpc) is 2.10. The highest BCUT2D eigenvalue weighted by molar-refractivity contribution is 6.53. The van der Waals surface area contributed by atoms with Gasteiger partial charge in [0.1, 0.15) is 6.67 Å². The van der Waals surface area contributed by atoms with Gasteiger partial charge in [0.25, 0.3) is 0 Å². The normalized spacial score (nSPS) is 15.8. The summed E-state index contributed by atoms with van der Waals surface area (Å²) < 4.78 is 17.8. The summed E-state index contributed by atoms with van der Waals surface area (Å²) in [5.74, 6) is 0. The molecular weight excluding hydrogens is 201 g/mol. The van der Waals surface area contributed by atoms with Crippen LogP contribution in [0.15, 0.2) is 5.11 Å². The van der Waals surface area contributed by atoms with Gasteiger partial charge in [-0.25, -0.2) is 0 Å². The van der Waals surface area contributed by atoms with Gasteiger partial charge in [-0.15, -0.1) is 0 Å². The van der Waals surface area contributed by atoms with Crippen LogP contribution >= 0.6 is 0 Å². The van der Waals surface area contributed by atoms with Crippen LogP contribution in [0.2, 0.25) is 11.6 Å². The van der Waals surface area contributed by atoms with Gasteiger partial charge in [0.05, 0.1) is 6.04 Å². The quantitative estimate of drug-likeness (QED) is 0.303. The van der Waals surface area contributed by atoms with Gasteiger partial charge in [0.2, 0.25) is 0 Å². The van der Waals surface area contributed by atoms with Crippen molar-refractivity contribution < 1.29 is 8.82 Å². The second kappa shape index (κ2) is 6.01. The molecule has 0 amide bonds. The molecule has 0 fully saturated rings. The third kappa shape index (κ3) is 5.21. The van der Waals surface area contributed by atoms with Crippen LogP contribution in [-0.4, -0.2) is 28.4 Å². The number of hydrogen-bond donors (Lipinski definition) is 0. The molecule has 0 aromatic heterocycles. The van der Waals surface area contributed by atoms with E-state index in [-0.39, 0.29) is 11.6 Å². The van der Waals surface area contributed by atoms with Crippen LogP contribution in [0.5, 0.6) is 0 Å². The van der Waals surface area contributed by atoms with E-state index in [1.54, 1.807) is 0 Å². The lowest BCUT2D eigenvalue weighted by molar-refractivity contribution is 0.254. The molecule has 0 aromatic rings. The van der Waals surface area contributed by atoms with Crippen molar-refractivity contribution in [2.45, 2.75) is 38.4 Å². The van der Waals surface area contributed by atoms with E-state index in [0.29, 0.717) is 0 Å². The minimum Gasteiger partial charge on any atom is -0.419 e. The molecule has 0 aliphatic carbocycles. The number of azide groups is 1. The van der Waals surface area contributed by atoms with Crippen LogP contribution in [0.25, 0.3) is 10.4 Å². The van der Waals surface area contributed by atoms with E-state index in [9.17, 15) is 4.39 Å². The largest absolute Gasteiger partial charge is 0.419 e. The van der Waals surface area contributed by atoms with Gasteiger partial charge in [0, 0.05) is 11.5 Å². The molecule has 0 aromatic carbocycles. The Kier molecular flexibility index (Phi) is 5.76. The molecular formula is C8H18FN3OSi. The van der Waals surface area contributed by atoms with Crippen LogP contribution in [0.4, 0.5) is 4.39 Å². The Bertz CT molecular complexity index is 213. The van der Waals surface area contributed by atoms with E-state index in [1.165, 1.54) is 0 Å². The first-order valence-electron chi connectivity index (χ1n) is 4.63. The van der Waals surface area contributed by atoms with Crippen LogP contribution in [0, 0.1) is 0 Å². The van der Waals surface area contributed by atoms with Gasteiger partial charge in [-0.1, -0.05) is 25.9 Å². The molecule has 0 radical (unpaired) electrons. The van der Waals surface area contributed by atoms with E-state index < -0.39 is 21.8 Å². The molecule has 14 heavy (non-hydrogen) atoms. The Hall–Kier alpha value is -0.583. The van der Waals surface area contributed by atoms with Gasteiger partial charge >= 0.3 is 0 Å². The van der Waals surface area contributed by atoms with E-state index in [1.807, 2.05) is 0 Å². The summed E-state index contributed by atoms with van der Waals surface area (Å²) >= 11 is 0. The maximum atomic E-state index is 12.3. The van der Waals surface area contributed by atoms with Crippen molar-refractivity contribution in [2.24, 2.45) is 5.11 Å². The summed E-state index contributed by atoms with van der Waals surface area (Å²) in [6.07, 6.45) is 0. The summed E-state index contributed by atoms with van der Waals surface area (Å²) in [5, 5.41) is 3.45. The van der Waals surface area contributed by atoms with Gasteiger partial charge < -0.3 is 4.43 Å². The van der Waals surface area contributed by atoms with Gasteiger partial charge in [-0.3, -0.25) is 4.39 Å². The molecule has 0 heterocycles. The number of halogens is 1. The minimum atomic E-state index is -1.34. The highest BCUT2D eigenvalue weighted by atomic mass is 28.3. The molecule has 1 unspecified atom stereocenters. The average molecular weight is 219 g/mol. The molecule has 0 bridgehead atoms. The lowest BCUT2D eigenvalue weighted by atomic mass is 10.3. The van der Waals surface area contributed by atoms with E-state index >= 15 is 0 Å². The number of rotatable bonds is 5. The first-order valence-corrected chi connectivity index (χ1v) is 6.84. The molecule has 4 nitrogen and oxygen atoms in total. The Morgan fingerprint density at radius 3 is 2.50 bits per heavy atom. The third-order valence-corrected chi connectivity index (χ3v) is 5.28. The molecule has 0 aliphatic heterocycles. The number of hydrogen-bond acceptors (Lipinski definition) is 2. The Morgan fingerprint density at radius 1 is 1.57 bits per heavy atom. The van der Waals surface area contributed by atoms with E-state index in [4.69, 9.17) is 9.96 Å². The van der Waals surface area contributed by atoms with Crippen molar-refractivity contribution in [1.29, 1.82) is 0 Å². The fourth-order valence-corrected chi connectivity index (χ4v) is 1.70. The van der Waals surface area contributed by atoms with Gasteiger partial charge in [-0.05, 0) is 17.1 Å². The zero-order valence-corrected chi connectivity index (χ0v) is 10.4. The predicted octanol–water partition coefficient (Wildman–Crippen LogP) is 2.81. The van der Waals surface area contributed by atoms with E-state index in [0.717, 1.165) is 0 Å². The van der Waals surface area contributed by atoms with Crippen molar-refractivity contribution in [3.05, 3.63) is 10.4 Å². The monoisotopic (exact) mass is 219 g/mol. The number of alkyl halides is 1. The molecule has 2 atom stereocenters. The Labute approximate surface area is 85.8 Å². The molecule has 0 N–H and O–H groups in total. The van der Waals surface area contributed by atoms with Crippen LogP contribution in [-0.2, 0) is 4.43 Å². The second-order valence-electron chi connectivity index (χ2n) is 4.35. The smallest absolute Gasteiger partial charge is 0.179 e. The highest BCUT2D eigenvalue weighted by Gasteiger charge is 2.23. The topological polar surface area (TPSA) is 58.0 Å². The SMILES string of the molecule is C[SiH](OC[C@@H](CF)N=[N+]=[N-])C(C)(C)C. The summed E-state index contributed by atoms with van der Waals surface area (Å²) in [7, 11) is -1.34. The van der Waals surface area contributed by atoms with Gasteiger partial charge in [-0.2, -0.15) is 0 Å². The Balaban J connectivity index is 3.97. The maximum Gasteiger partial charge on any atom is 0.179 e. The maximum absolute atomic E-state index is 12.3. The predicted molar refractivity (Wildman–Crippen MR) is 57.6 cm³/mol. The molecule has 6 heteroatoms. The van der Waals surface area contributed by atoms with Crippen LogP contribution < -0.4 is 0 Å². The molecule has 0 spiro atoms. The zero-order chi connectivity index (χ0) is 11.2. The van der Waals surface area contributed by atoms with E-state index in [2.05, 4.69) is 37.3 Å². The van der Waals surface area contributed by atoms with Crippen molar-refractivity contribution in [2.75, 3.05) is 13.3 Å². The lowest BCUT2D eigenvalue weighted by Crippen LogP contribution is -2.29. The highest BCUT2D eigenvalue weighted by Crippen LogP contribution is 2.27. The molecule has 0 aliphatic rings. The molecule has 82 valence electrons. The zero-order valence-electron chi connectivity index (χ0n) is 9.20. The standard InChI is InChI=1S/C8H18FN3OSi/c1-8(2,3)14(4)13-6-7(5-9)11-12-10/h7,14H,5-6H2,1-4H3/t7-,14?/m1/s1. The number of nitrogens with zero attached hydrogens (tertiary/aromatic N) is 3. The summed E-state index contributed by atoms with van der Waals surface area (Å²) in [6.45, 7) is 7.90. The fraction of sp³-hybridized carbons (Fsp3) is 1.00. The van der Waals surface area contributed by atoms with Crippen LogP contribution in [0.3, 0.4) is 0 Å². The summed E-state index contributed by atoms with van der Waals surface area (Å²) in [6, 6.07) is -0.669. The fourth-order valence-electron chi connectivity index (χ4n) is 0.687. The first kappa shape index (κ1) is 13.4. The van der Waals surface area contributed by atoms with Gasteiger partial charge in [0.15, 0.2) is 9.04 Å². The second-order valence-corrected chi connectivity index (χ2v) is 7.70. The Morgan fingerprint density at radius 2 is 2.14 bits per heavy atom. The lowest BCUT2D eigenvalue weighted by Gasteiger charge is -2.26. The minimum absolute atomic E-state index is 0.150. The molecule has 0 rings (SSSR count). The van der Waals surface area contributed by atoms with Crippen molar-refractivity contribution >= 4 is 9.04 Å².